The molecule has 2 heterocycles. The lowest BCUT2D eigenvalue weighted by molar-refractivity contribution is 0.106. The predicted molar refractivity (Wildman–Crippen MR) is 82.2 cm³/mol. The molecule has 1 aliphatic rings. The number of aliphatic hydroxyl groups excluding tert-OH is 1. The fraction of sp³-hybridized carbons (Fsp3) is 0.571. The Bertz CT molecular complexity index is 585. The van der Waals surface area contributed by atoms with Crippen LogP contribution in [0.1, 0.15) is 31.5 Å². The molecule has 0 atom stereocenters. The molecule has 1 fully saturated rings. The van der Waals surface area contributed by atoms with Crippen LogP contribution >= 0.6 is 22.9 Å². The highest BCUT2D eigenvalue weighted by Crippen LogP contribution is 2.28. The number of hydrogen-bond acceptors (Lipinski definition) is 5. The van der Waals surface area contributed by atoms with Crippen molar-refractivity contribution in [1.29, 1.82) is 0 Å². The largest absolute Gasteiger partial charge is 0.396 e. The van der Waals surface area contributed by atoms with Gasteiger partial charge in [-0.1, -0.05) is 18.0 Å². The maximum Gasteiger partial charge on any atom is 0.145 e. The molecule has 108 valence electrons. The summed E-state index contributed by atoms with van der Waals surface area (Å²) in [5, 5.41) is 12.5. The van der Waals surface area contributed by atoms with Crippen LogP contribution in [0.4, 0.5) is 0 Å². The van der Waals surface area contributed by atoms with Crippen molar-refractivity contribution in [2.45, 2.75) is 38.3 Å². The average molecular weight is 312 g/mol. The van der Waals surface area contributed by atoms with Crippen molar-refractivity contribution in [1.82, 2.24) is 14.9 Å². The molecule has 0 spiro atoms. The van der Waals surface area contributed by atoms with Crippen LogP contribution in [0.15, 0.2) is 11.4 Å². The molecular weight excluding hydrogens is 294 g/mol. The smallest absolute Gasteiger partial charge is 0.145 e. The first kappa shape index (κ1) is 14.2. The lowest BCUT2D eigenvalue weighted by Crippen LogP contribution is -2.40. The van der Waals surface area contributed by atoms with Gasteiger partial charge in [0.2, 0.25) is 0 Å². The Morgan fingerprint density at radius 1 is 1.40 bits per heavy atom. The van der Waals surface area contributed by atoms with E-state index in [1.807, 2.05) is 11.4 Å². The molecule has 3 rings (SSSR count). The van der Waals surface area contributed by atoms with Gasteiger partial charge in [-0.3, -0.25) is 4.90 Å². The first-order chi connectivity index (χ1) is 9.78. The Morgan fingerprint density at radius 2 is 2.25 bits per heavy atom. The Kier molecular flexibility index (Phi) is 4.51. The minimum atomic E-state index is 0.231. The number of hydrogen-bond donors (Lipinski definition) is 1. The van der Waals surface area contributed by atoms with E-state index in [0.29, 0.717) is 11.2 Å². The van der Waals surface area contributed by atoms with Crippen molar-refractivity contribution in [3.05, 3.63) is 22.4 Å². The van der Waals surface area contributed by atoms with Gasteiger partial charge in [0.05, 0.1) is 6.54 Å². The van der Waals surface area contributed by atoms with E-state index < -0.39 is 0 Å². The lowest BCUT2D eigenvalue weighted by atomic mass is 9.91. The van der Waals surface area contributed by atoms with Crippen LogP contribution in [0, 0.1) is 0 Å². The first-order valence-electron chi connectivity index (χ1n) is 7.02. The molecule has 20 heavy (non-hydrogen) atoms. The van der Waals surface area contributed by atoms with Gasteiger partial charge in [-0.2, -0.15) is 0 Å². The predicted octanol–water partition coefficient (Wildman–Crippen LogP) is 3.08. The van der Waals surface area contributed by atoms with E-state index >= 15 is 0 Å². The van der Waals surface area contributed by atoms with Gasteiger partial charge in [-0.15, -0.1) is 11.3 Å². The monoisotopic (exact) mass is 311 g/mol. The molecule has 0 amide bonds. The highest BCUT2D eigenvalue weighted by Gasteiger charge is 2.25. The first-order valence-corrected chi connectivity index (χ1v) is 8.28. The van der Waals surface area contributed by atoms with Crippen LogP contribution in [-0.2, 0) is 6.54 Å². The molecule has 0 bridgehead atoms. The lowest BCUT2D eigenvalue weighted by Gasteiger charge is -2.37. The van der Waals surface area contributed by atoms with Crippen LogP contribution in [0.3, 0.4) is 0 Å². The van der Waals surface area contributed by atoms with E-state index in [1.165, 1.54) is 19.3 Å². The zero-order valence-electron chi connectivity index (χ0n) is 11.3. The SMILES string of the molecule is OCCCN(Cc1nc(Cl)c2ccsc2n1)C1CCC1. The summed E-state index contributed by atoms with van der Waals surface area (Å²) in [6.45, 7) is 1.84. The number of aromatic nitrogens is 2. The molecule has 6 heteroatoms. The molecule has 0 aromatic carbocycles. The maximum atomic E-state index is 9.03. The fourth-order valence-electron chi connectivity index (χ4n) is 2.53. The Morgan fingerprint density at radius 3 is 2.95 bits per heavy atom. The third-order valence-corrected chi connectivity index (χ3v) is 4.96. The van der Waals surface area contributed by atoms with Gasteiger partial charge in [-0.25, -0.2) is 9.97 Å². The van der Waals surface area contributed by atoms with E-state index in [-0.39, 0.29) is 6.61 Å². The maximum absolute atomic E-state index is 9.03. The second kappa shape index (κ2) is 6.35. The number of rotatable bonds is 6. The molecule has 2 aromatic heterocycles. The second-order valence-electron chi connectivity index (χ2n) is 5.20. The molecule has 1 N–H and O–H groups in total. The van der Waals surface area contributed by atoms with Crippen molar-refractivity contribution >= 4 is 33.2 Å². The quantitative estimate of drug-likeness (QED) is 0.833. The second-order valence-corrected chi connectivity index (χ2v) is 6.46. The molecular formula is C14H18ClN3OS. The standard InChI is InChI=1S/C14H18ClN3OS/c15-13-11-5-8-20-14(11)17-12(16-13)9-18(6-2-7-19)10-3-1-4-10/h5,8,10,19H,1-4,6-7,9H2. The van der Waals surface area contributed by atoms with E-state index in [9.17, 15) is 0 Å². The summed E-state index contributed by atoms with van der Waals surface area (Å²) in [5.74, 6) is 0.787. The van der Waals surface area contributed by atoms with Gasteiger partial charge >= 0.3 is 0 Å². The van der Waals surface area contributed by atoms with E-state index in [1.54, 1.807) is 11.3 Å². The van der Waals surface area contributed by atoms with Crippen molar-refractivity contribution in [2.75, 3.05) is 13.2 Å². The molecule has 0 unspecified atom stereocenters. The molecule has 1 saturated carbocycles. The summed E-state index contributed by atoms with van der Waals surface area (Å²) in [6.07, 6.45) is 4.57. The summed E-state index contributed by atoms with van der Waals surface area (Å²) in [5.41, 5.74) is 0. The van der Waals surface area contributed by atoms with Crippen molar-refractivity contribution in [3.63, 3.8) is 0 Å². The molecule has 1 aliphatic carbocycles. The zero-order chi connectivity index (χ0) is 13.9. The minimum Gasteiger partial charge on any atom is -0.396 e. The van der Waals surface area contributed by atoms with Gasteiger partial charge in [0.15, 0.2) is 0 Å². The molecule has 0 saturated heterocycles. The summed E-state index contributed by atoms with van der Waals surface area (Å²) in [6, 6.07) is 2.57. The zero-order valence-corrected chi connectivity index (χ0v) is 12.8. The average Bonchev–Trinajstić information content (AvgIpc) is 2.82. The van der Waals surface area contributed by atoms with Gasteiger partial charge in [0, 0.05) is 24.6 Å². The van der Waals surface area contributed by atoms with Crippen LogP contribution < -0.4 is 0 Å². The summed E-state index contributed by atoms with van der Waals surface area (Å²) >= 11 is 7.81. The third-order valence-electron chi connectivity index (χ3n) is 3.86. The normalized spacial score (nSPS) is 15.9. The molecule has 0 aliphatic heterocycles. The summed E-state index contributed by atoms with van der Waals surface area (Å²) < 4.78 is 0. The summed E-state index contributed by atoms with van der Waals surface area (Å²) in [7, 11) is 0. The van der Waals surface area contributed by atoms with Gasteiger partial charge in [0.1, 0.15) is 15.8 Å². The number of halogens is 1. The van der Waals surface area contributed by atoms with E-state index in [0.717, 1.165) is 35.6 Å². The van der Waals surface area contributed by atoms with Crippen molar-refractivity contribution < 1.29 is 5.11 Å². The van der Waals surface area contributed by atoms with Crippen LogP contribution in [-0.4, -0.2) is 39.2 Å². The number of fused-ring (bicyclic) bond motifs is 1. The molecule has 4 nitrogen and oxygen atoms in total. The molecule has 2 aromatic rings. The minimum absolute atomic E-state index is 0.231. The topological polar surface area (TPSA) is 49.2 Å². The van der Waals surface area contributed by atoms with Crippen LogP contribution in [0.2, 0.25) is 5.15 Å². The van der Waals surface area contributed by atoms with Crippen LogP contribution in [0.5, 0.6) is 0 Å². The highest BCUT2D eigenvalue weighted by molar-refractivity contribution is 7.16. The molecule has 0 radical (unpaired) electrons. The van der Waals surface area contributed by atoms with Gasteiger partial charge < -0.3 is 5.11 Å². The number of thiophene rings is 1. The van der Waals surface area contributed by atoms with Crippen LogP contribution in [0.25, 0.3) is 10.2 Å². The van der Waals surface area contributed by atoms with Gasteiger partial charge in [0.25, 0.3) is 0 Å². The van der Waals surface area contributed by atoms with E-state index in [2.05, 4.69) is 14.9 Å². The van der Waals surface area contributed by atoms with Crippen molar-refractivity contribution in [2.24, 2.45) is 0 Å². The Labute approximate surface area is 127 Å². The van der Waals surface area contributed by atoms with Crippen molar-refractivity contribution in [3.8, 4) is 0 Å². The Balaban J connectivity index is 1.78. The number of aliphatic hydroxyl groups is 1. The summed E-state index contributed by atoms with van der Waals surface area (Å²) in [4.78, 5) is 12.4. The van der Waals surface area contributed by atoms with Gasteiger partial charge in [-0.05, 0) is 30.7 Å². The Hall–Kier alpha value is -0.750. The fourth-order valence-corrected chi connectivity index (χ4v) is 3.62. The highest BCUT2D eigenvalue weighted by atomic mass is 35.5. The number of nitrogens with zero attached hydrogens (tertiary/aromatic N) is 3. The third kappa shape index (κ3) is 2.96. The van der Waals surface area contributed by atoms with E-state index in [4.69, 9.17) is 16.7 Å².